The van der Waals surface area contributed by atoms with Crippen LogP contribution in [0.2, 0.25) is 5.02 Å². The number of fused-ring (bicyclic) bond motifs is 1. The Morgan fingerprint density at radius 2 is 1.54 bits per heavy atom. The number of hydrogen-bond donors (Lipinski definition) is 0. The van der Waals surface area contributed by atoms with E-state index in [-0.39, 0.29) is 16.8 Å². The van der Waals surface area contributed by atoms with Gasteiger partial charge in [0.15, 0.2) is 0 Å². The molecule has 35 heavy (non-hydrogen) atoms. The van der Waals surface area contributed by atoms with Crippen LogP contribution in [0, 0.1) is 10.1 Å². The number of nitrogens with zero attached hydrogens (tertiary/aromatic N) is 3. The van der Waals surface area contributed by atoms with Crippen molar-refractivity contribution in [1.82, 2.24) is 4.90 Å². The Labute approximate surface area is 204 Å². The van der Waals surface area contributed by atoms with Crippen LogP contribution in [0.25, 0.3) is 0 Å². The smallest absolute Gasteiger partial charge is 0.270 e. The van der Waals surface area contributed by atoms with Gasteiger partial charge in [-0.3, -0.25) is 29.4 Å². The lowest BCUT2D eigenvalue weighted by Crippen LogP contribution is -2.67. The molecule has 0 aromatic heterocycles. The zero-order valence-electron chi connectivity index (χ0n) is 18.4. The van der Waals surface area contributed by atoms with Crippen molar-refractivity contribution in [3.05, 3.63) is 98.6 Å². The van der Waals surface area contributed by atoms with Crippen molar-refractivity contribution in [2.75, 3.05) is 11.5 Å². The lowest BCUT2D eigenvalue weighted by Gasteiger charge is -2.49. The van der Waals surface area contributed by atoms with Crippen LogP contribution in [-0.4, -0.2) is 40.2 Å². The minimum atomic E-state index is -1.12. The number of hydrogen-bond acceptors (Lipinski definition) is 6. The number of rotatable bonds is 6. The van der Waals surface area contributed by atoms with Crippen molar-refractivity contribution in [2.24, 2.45) is 0 Å². The molecule has 2 atom stereocenters. The van der Waals surface area contributed by atoms with Gasteiger partial charge in [-0.1, -0.05) is 23.7 Å². The molecule has 5 rings (SSSR count). The molecule has 10 heteroatoms. The van der Waals surface area contributed by atoms with Gasteiger partial charge in [0.05, 0.1) is 28.7 Å². The maximum atomic E-state index is 13.4. The highest BCUT2D eigenvalue weighted by Gasteiger charge is 2.57. The normalized spacial score (nSPS) is 19.0. The molecule has 3 aromatic carbocycles. The van der Waals surface area contributed by atoms with Gasteiger partial charge in [-0.2, -0.15) is 0 Å². The van der Waals surface area contributed by atoms with Crippen LogP contribution in [0.3, 0.4) is 0 Å². The molecule has 9 nitrogen and oxygen atoms in total. The molecule has 0 spiro atoms. The lowest BCUT2D eigenvalue weighted by molar-refractivity contribution is -0.384. The number of nitro groups is 1. The highest BCUT2D eigenvalue weighted by atomic mass is 35.5. The first-order valence-electron chi connectivity index (χ1n) is 10.8. The SMILES string of the molecule is CCOc1ccc(C2C(N3C(=O)c4ccc([N+](=O)[O-])cc4C3=O)C(=O)N2c2ccc(Cl)cc2)cc1. The zero-order chi connectivity index (χ0) is 24.9. The van der Waals surface area contributed by atoms with Crippen LogP contribution in [0.1, 0.15) is 39.2 Å². The molecule has 2 aliphatic rings. The number of imide groups is 1. The van der Waals surface area contributed by atoms with Crippen molar-refractivity contribution >= 4 is 40.7 Å². The van der Waals surface area contributed by atoms with E-state index in [2.05, 4.69) is 0 Å². The van der Waals surface area contributed by atoms with Gasteiger partial charge in [0.1, 0.15) is 11.8 Å². The molecule has 3 amide bonds. The van der Waals surface area contributed by atoms with Crippen LogP contribution in [0.15, 0.2) is 66.7 Å². The minimum absolute atomic E-state index is 0.0313. The van der Waals surface area contributed by atoms with E-state index in [1.807, 2.05) is 6.92 Å². The monoisotopic (exact) mass is 491 g/mol. The quantitative estimate of drug-likeness (QED) is 0.219. The summed E-state index contributed by atoms with van der Waals surface area (Å²) in [7, 11) is 0. The Balaban J connectivity index is 1.55. The molecule has 2 aliphatic heterocycles. The fraction of sp³-hybridized carbons (Fsp3) is 0.160. The number of ether oxygens (including phenoxy) is 1. The molecule has 0 bridgehead atoms. The second-order valence-electron chi connectivity index (χ2n) is 8.04. The number of nitro benzene ring substituents is 1. The standard InChI is InChI=1S/C25H18ClN3O6/c1-2-35-18-10-3-14(4-11-18)21-22(25(32)27(21)16-7-5-15(26)6-8-16)28-23(30)19-12-9-17(29(33)34)13-20(19)24(28)31/h3-13,21-22H,2H2,1H3. The van der Waals surface area contributed by atoms with E-state index in [1.54, 1.807) is 48.5 Å². The Kier molecular flexibility index (Phi) is 5.49. The molecule has 1 fully saturated rings. The third-order valence-electron chi connectivity index (χ3n) is 6.10. The zero-order valence-corrected chi connectivity index (χ0v) is 19.1. The Bertz CT molecular complexity index is 1370. The predicted octanol–water partition coefficient (Wildman–Crippen LogP) is 4.40. The summed E-state index contributed by atoms with van der Waals surface area (Å²) in [5.41, 5.74) is 0.881. The molecule has 1 saturated heterocycles. The van der Waals surface area contributed by atoms with Crippen LogP contribution in [0.5, 0.6) is 5.75 Å². The molecule has 3 aromatic rings. The highest BCUT2D eigenvalue weighted by molar-refractivity contribution is 6.30. The third kappa shape index (κ3) is 3.60. The fourth-order valence-electron chi connectivity index (χ4n) is 4.49. The van der Waals surface area contributed by atoms with E-state index in [0.29, 0.717) is 28.6 Å². The summed E-state index contributed by atoms with van der Waals surface area (Å²) in [6.45, 7) is 2.35. The van der Waals surface area contributed by atoms with Crippen LogP contribution in [-0.2, 0) is 4.79 Å². The first-order chi connectivity index (χ1) is 16.8. The number of β-lactam (4-membered cyclic amide) rings is 1. The maximum Gasteiger partial charge on any atom is 0.270 e. The van der Waals surface area contributed by atoms with Gasteiger partial charge in [-0.25, -0.2) is 0 Å². The molecule has 176 valence electrons. The summed E-state index contributed by atoms with van der Waals surface area (Å²) in [5, 5.41) is 11.7. The average Bonchev–Trinajstić information content (AvgIpc) is 3.09. The first-order valence-corrected chi connectivity index (χ1v) is 11.2. The second-order valence-corrected chi connectivity index (χ2v) is 8.48. The topological polar surface area (TPSA) is 110 Å². The summed E-state index contributed by atoms with van der Waals surface area (Å²) in [6.07, 6.45) is 0. The summed E-state index contributed by atoms with van der Waals surface area (Å²) in [4.78, 5) is 52.8. The number of anilines is 1. The molecule has 2 heterocycles. The average molecular weight is 492 g/mol. The number of halogens is 1. The van der Waals surface area contributed by atoms with Crippen molar-refractivity contribution in [3.63, 3.8) is 0 Å². The Morgan fingerprint density at radius 3 is 2.17 bits per heavy atom. The molecule has 0 radical (unpaired) electrons. The molecule has 2 unspecified atom stereocenters. The van der Waals surface area contributed by atoms with Crippen molar-refractivity contribution in [3.8, 4) is 5.75 Å². The third-order valence-corrected chi connectivity index (χ3v) is 6.35. The number of carbonyl (C=O) groups is 3. The maximum absolute atomic E-state index is 13.4. The van der Waals surface area contributed by atoms with Gasteiger partial charge in [0.2, 0.25) is 0 Å². The largest absolute Gasteiger partial charge is 0.494 e. The van der Waals surface area contributed by atoms with Gasteiger partial charge in [-0.05, 0) is 55.0 Å². The van der Waals surface area contributed by atoms with Crippen molar-refractivity contribution in [1.29, 1.82) is 0 Å². The minimum Gasteiger partial charge on any atom is -0.494 e. The van der Waals surface area contributed by atoms with E-state index in [0.717, 1.165) is 11.0 Å². The van der Waals surface area contributed by atoms with Crippen LogP contribution < -0.4 is 9.64 Å². The summed E-state index contributed by atoms with van der Waals surface area (Å²) in [5.74, 6) is -1.21. The van der Waals surface area contributed by atoms with Crippen LogP contribution >= 0.6 is 11.6 Å². The van der Waals surface area contributed by atoms with Gasteiger partial charge in [0.25, 0.3) is 23.4 Å². The second kappa shape index (κ2) is 8.52. The van der Waals surface area contributed by atoms with E-state index >= 15 is 0 Å². The van der Waals surface area contributed by atoms with E-state index in [1.165, 1.54) is 17.0 Å². The molecule has 0 N–H and O–H groups in total. The van der Waals surface area contributed by atoms with Crippen molar-refractivity contribution < 1.29 is 24.0 Å². The fourth-order valence-corrected chi connectivity index (χ4v) is 4.61. The van der Waals surface area contributed by atoms with E-state index in [9.17, 15) is 24.5 Å². The predicted molar refractivity (Wildman–Crippen MR) is 127 cm³/mol. The van der Waals surface area contributed by atoms with Crippen LogP contribution in [0.4, 0.5) is 11.4 Å². The van der Waals surface area contributed by atoms with Gasteiger partial charge < -0.3 is 9.64 Å². The number of carbonyl (C=O) groups excluding carboxylic acids is 3. The molecule has 0 aliphatic carbocycles. The number of amides is 3. The van der Waals surface area contributed by atoms with E-state index < -0.39 is 34.7 Å². The van der Waals surface area contributed by atoms with Gasteiger partial charge >= 0.3 is 0 Å². The lowest BCUT2D eigenvalue weighted by atomic mass is 9.86. The van der Waals surface area contributed by atoms with Gasteiger partial charge in [-0.15, -0.1) is 0 Å². The van der Waals surface area contributed by atoms with Gasteiger partial charge in [0, 0.05) is 22.8 Å². The Morgan fingerprint density at radius 1 is 0.886 bits per heavy atom. The summed E-state index contributed by atoms with van der Waals surface area (Å²) >= 11 is 6.01. The Hall–Kier alpha value is -4.24. The highest BCUT2D eigenvalue weighted by Crippen LogP contribution is 2.45. The van der Waals surface area contributed by atoms with Crippen molar-refractivity contribution in [2.45, 2.75) is 19.0 Å². The van der Waals surface area contributed by atoms with E-state index in [4.69, 9.17) is 16.3 Å². The summed E-state index contributed by atoms with van der Waals surface area (Å²) in [6, 6.07) is 15.4. The number of benzene rings is 3. The summed E-state index contributed by atoms with van der Waals surface area (Å²) < 4.78 is 5.50. The molecular weight excluding hydrogens is 474 g/mol. The molecular formula is C25H18ClN3O6. The molecule has 0 saturated carbocycles. The number of non-ortho nitro benzene ring substituents is 1. The first kappa shape index (κ1) is 22.5.